The van der Waals surface area contributed by atoms with Crippen molar-refractivity contribution < 1.29 is 39.8 Å². The second-order valence-electron chi connectivity index (χ2n) is 17.2. The van der Waals surface area contributed by atoms with Gasteiger partial charge in [-0.05, 0) is 51.4 Å². The summed E-state index contributed by atoms with van der Waals surface area (Å²) < 4.78 is 11.3. The lowest BCUT2D eigenvalue weighted by Crippen LogP contribution is -2.60. The predicted octanol–water partition coefficient (Wildman–Crippen LogP) is 11.0. The Hall–Kier alpha value is -1.85. The van der Waals surface area contributed by atoms with E-state index < -0.39 is 49.5 Å². The standard InChI is InChI=1S/C51H93NO8/c1-3-5-7-9-11-13-15-17-19-21-22-23-25-26-28-30-32-34-36-38-40-45(54)44(43-59-51-50(58)49(57)48(56)46(42-53)60-51)52-47(55)41-39-37-35-33-31-29-27-24-20-18-16-14-12-10-8-6-4-2/h6,8,12,14,18,20,27,29,44-46,48-51,53-54,56-58H,3-5,7,9-11,13,15-17,19,21-26,28,30-43H2,1-2H3,(H,52,55)/b8-6-,14-12-,20-18-,29-27-. The molecule has 7 atom stereocenters. The fourth-order valence-corrected chi connectivity index (χ4v) is 7.74. The molecule has 1 aliphatic rings. The molecule has 9 nitrogen and oxygen atoms in total. The van der Waals surface area contributed by atoms with E-state index in [0.29, 0.717) is 12.8 Å². The second kappa shape index (κ2) is 41.2. The predicted molar refractivity (Wildman–Crippen MR) is 249 cm³/mol. The molecule has 0 bridgehead atoms. The van der Waals surface area contributed by atoms with Crippen LogP contribution in [-0.4, -0.2) is 87.5 Å². The average Bonchev–Trinajstić information content (AvgIpc) is 3.25. The molecule has 1 fully saturated rings. The molecule has 1 aliphatic heterocycles. The van der Waals surface area contributed by atoms with Gasteiger partial charge in [0.1, 0.15) is 24.4 Å². The molecule has 60 heavy (non-hydrogen) atoms. The number of aliphatic hydroxyl groups is 5. The highest BCUT2D eigenvalue weighted by Crippen LogP contribution is 2.23. The number of amides is 1. The molecule has 0 aromatic carbocycles. The number of rotatable bonds is 41. The van der Waals surface area contributed by atoms with E-state index in [1.807, 2.05) is 0 Å². The summed E-state index contributed by atoms with van der Waals surface area (Å²) in [5.41, 5.74) is 0. The molecule has 0 aromatic heterocycles. The van der Waals surface area contributed by atoms with Crippen molar-refractivity contribution in [3.05, 3.63) is 48.6 Å². The minimum atomic E-state index is -1.56. The summed E-state index contributed by atoms with van der Waals surface area (Å²) in [6.07, 6.45) is 45.5. The van der Waals surface area contributed by atoms with Gasteiger partial charge in [-0.1, -0.05) is 204 Å². The molecule has 0 saturated carbocycles. The van der Waals surface area contributed by atoms with Gasteiger partial charge in [-0.25, -0.2) is 0 Å². The molecule has 1 saturated heterocycles. The second-order valence-corrected chi connectivity index (χ2v) is 17.2. The average molecular weight is 848 g/mol. The monoisotopic (exact) mass is 848 g/mol. The molecule has 1 amide bonds. The van der Waals surface area contributed by atoms with Crippen molar-refractivity contribution in [1.82, 2.24) is 5.32 Å². The van der Waals surface area contributed by atoms with Gasteiger partial charge in [0.25, 0.3) is 0 Å². The van der Waals surface area contributed by atoms with Gasteiger partial charge >= 0.3 is 0 Å². The van der Waals surface area contributed by atoms with Crippen molar-refractivity contribution in [1.29, 1.82) is 0 Å². The number of carbonyl (C=O) groups is 1. The van der Waals surface area contributed by atoms with Gasteiger partial charge in [0.2, 0.25) is 5.91 Å². The van der Waals surface area contributed by atoms with Crippen LogP contribution in [0, 0.1) is 0 Å². The van der Waals surface area contributed by atoms with E-state index in [-0.39, 0.29) is 12.5 Å². The Labute approximate surface area is 367 Å². The zero-order valence-corrected chi connectivity index (χ0v) is 38.5. The minimum Gasteiger partial charge on any atom is -0.394 e. The first kappa shape index (κ1) is 56.2. The quantitative estimate of drug-likeness (QED) is 0.0263. The van der Waals surface area contributed by atoms with Gasteiger partial charge in [0.05, 0.1) is 25.4 Å². The van der Waals surface area contributed by atoms with E-state index in [9.17, 15) is 30.3 Å². The lowest BCUT2D eigenvalue weighted by molar-refractivity contribution is -0.302. The molecule has 1 rings (SSSR count). The lowest BCUT2D eigenvalue weighted by atomic mass is 9.99. The number of hydrogen-bond donors (Lipinski definition) is 6. The molecule has 0 radical (unpaired) electrons. The van der Waals surface area contributed by atoms with Crippen LogP contribution in [-0.2, 0) is 14.3 Å². The van der Waals surface area contributed by atoms with Crippen LogP contribution in [0.5, 0.6) is 0 Å². The maximum atomic E-state index is 13.0. The van der Waals surface area contributed by atoms with Crippen LogP contribution in [0.2, 0.25) is 0 Å². The Kier molecular flexibility index (Phi) is 38.5. The van der Waals surface area contributed by atoms with Crippen molar-refractivity contribution in [3.63, 3.8) is 0 Å². The lowest BCUT2D eigenvalue weighted by Gasteiger charge is -2.40. The molecular weight excluding hydrogens is 755 g/mol. The zero-order valence-electron chi connectivity index (χ0n) is 38.5. The number of unbranched alkanes of at least 4 members (excludes halogenated alkanes) is 23. The minimum absolute atomic E-state index is 0.149. The fraction of sp³-hybridized carbons (Fsp3) is 0.824. The van der Waals surface area contributed by atoms with Gasteiger partial charge in [-0.15, -0.1) is 0 Å². The van der Waals surface area contributed by atoms with Crippen molar-refractivity contribution in [2.24, 2.45) is 0 Å². The number of aliphatic hydroxyl groups excluding tert-OH is 5. The largest absolute Gasteiger partial charge is 0.394 e. The van der Waals surface area contributed by atoms with Crippen LogP contribution < -0.4 is 5.32 Å². The molecule has 0 aromatic rings. The third-order valence-electron chi connectivity index (χ3n) is 11.7. The van der Waals surface area contributed by atoms with Gasteiger partial charge in [-0.2, -0.15) is 0 Å². The Morgan fingerprint density at radius 2 is 1.03 bits per heavy atom. The first-order valence-electron chi connectivity index (χ1n) is 24.8. The van der Waals surface area contributed by atoms with Crippen LogP contribution >= 0.6 is 0 Å². The van der Waals surface area contributed by atoms with E-state index >= 15 is 0 Å². The van der Waals surface area contributed by atoms with Crippen molar-refractivity contribution in [3.8, 4) is 0 Å². The molecule has 7 unspecified atom stereocenters. The summed E-state index contributed by atoms with van der Waals surface area (Å²) in [6, 6.07) is -0.733. The van der Waals surface area contributed by atoms with Gasteiger partial charge in [-0.3, -0.25) is 4.79 Å². The Bertz CT molecular complexity index is 1080. The first-order chi connectivity index (χ1) is 29.3. The number of ether oxygens (including phenoxy) is 2. The summed E-state index contributed by atoms with van der Waals surface area (Å²) in [5.74, 6) is -0.168. The van der Waals surface area contributed by atoms with E-state index in [4.69, 9.17) is 9.47 Å². The van der Waals surface area contributed by atoms with E-state index in [0.717, 1.165) is 77.0 Å². The molecule has 350 valence electrons. The van der Waals surface area contributed by atoms with Crippen LogP contribution in [0.25, 0.3) is 0 Å². The maximum absolute atomic E-state index is 13.0. The van der Waals surface area contributed by atoms with Crippen LogP contribution in [0.3, 0.4) is 0 Å². The Morgan fingerprint density at radius 3 is 1.53 bits per heavy atom. The summed E-state index contributed by atoms with van der Waals surface area (Å²) >= 11 is 0. The Balaban J connectivity index is 2.31. The zero-order chi connectivity index (χ0) is 43.7. The summed E-state index contributed by atoms with van der Waals surface area (Å²) in [6.45, 7) is 3.71. The molecule has 9 heteroatoms. The Morgan fingerprint density at radius 1 is 0.583 bits per heavy atom. The highest BCUT2D eigenvalue weighted by molar-refractivity contribution is 5.76. The maximum Gasteiger partial charge on any atom is 0.220 e. The number of carbonyl (C=O) groups excluding carboxylic acids is 1. The van der Waals surface area contributed by atoms with E-state index in [1.165, 1.54) is 109 Å². The van der Waals surface area contributed by atoms with Gasteiger partial charge < -0.3 is 40.3 Å². The van der Waals surface area contributed by atoms with Crippen LogP contribution in [0.4, 0.5) is 0 Å². The van der Waals surface area contributed by atoms with Gasteiger partial charge in [0.15, 0.2) is 6.29 Å². The SMILES string of the molecule is CC/C=C\C/C=C\C/C=C\C/C=C\CCCCCCC(=O)NC(COC1OC(CO)C(O)C(O)C1O)C(O)CCCCCCCCCCCCCCCCCCCCCC. The van der Waals surface area contributed by atoms with E-state index in [2.05, 4.69) is 67.8 Å². The third kappa shape index (κ3) is 31.1. The first-order valence-corrected chi connectivity index (χ1v) is 24.8. The van der Waals surface area contributed by atoms with Crippen molar-refractivity contribution in [2.45, 2.75) is 256 Å². The normalized spacial score (nSPS) is 20.9. The van der Waals surface area contributed by atoms with E-state index in [1.54, 1.807) is 0 Å². The van der Waals surface area contributed by atoms with Crippen molar-refractivity contribution in [2.75, 3.05) is 13.2 Å². The molecule has 1 heterocycles. The summed E-state index contributed by atoms with van der Waals surface area (Å²) in [5, 5.41) is 54.5. The van der Waals surface area contributed by atoms with Crippen LogP contribution in [0.15, 0.2) is 48.6 Å². The summed E-state index contributed by atoms with van der Waals surface area (Å²) in [4.78, 5) is 13.0. The van der Waals surface area contributed by atoms with Crippen LogP contribution in [0.1, 0.15) is 213 Å². The van der Waals surface area contributed by atoms with Crippen molar-refractivity contribution >= 4 is 5.91 Å². The highest BCUT2D eigenvalue weighted by atomic mass is 16.7. The van der Waals surface area contributed by atoms with Gasteiger partial charge in [0, 0.05) is 6.42 Å². The third-order valence-corrected chi connectivity index (χ3v) is 11.7. The molecule has 6 N–H and O–H groups in total. The molecular formula is C51H93NO8. The number of hydrogen-bond acceptors (Lipinski definition) is 8. The highest BCUT2D eigenvalue weighted by Gasteiger charge is 2.44. The smallest absolute Gasteiger partial charge is 0.220 e. The molecule has 0 aliphatic carbocycles. The fourth-order valence-electron chi connectivity index (χ4n) is 7.74. The number of nitrogens with one attached hydrogen (secondary N) is 1. The summed E-state index contributed by atoms with van der Waals surface area (Å²) in [7, 11) is 0. The number of allylic oxidation sites excluding steroid dienone is 8. The molecule has 0 spiro atoms. The topological polar surface area (TPSA) is 149 Å².